The van der Waals surface area contributed by atoms with Crippen LogP contribution in [-0.2, 0) is 20.9 Å². The highest BCUT2D eigenvalue weighted by molar-refractivity contribution is 5.89. The first-order chi connectivity index (χ1) is 13.5. The molecule has 2 N–H and O–H groups in total. The molecule has 28 heavy (non-hydrogen) atoms. The molecule has 1 aliphatic heterocycles. The number of rotatable bonds is 9. The molecule has 2 aliphatic rings. The molecule has 1 aromatic carbocycles. The topological polar surface area (TPSA) is 95.9 Å². The second-order valence-electron chi connectivity index (χ2n) is 7.59. The van der Waals surface area contributed by atoms with Gasteiger partial charge in [-0.05, 0) is 37.0 Å². The largest absolute Gasteiger partial charge is 0.494 e. The van der Waals surface area contributed by atoms with Gasteiger partial charge in [-0.3, -0.25) is 14.4 Å². The van der Waals surface area contributed by atoms with E-state index >= 15 is 0 Å². The van der Waals surface area contributed by atoms with Crippen LogP contribution in [0.15, 0.2) is 24.3 Å². The lowest BCUT2D eigenvalue weighted by Gasteiger charge is -2.23. The van der Waals surface area contributed by atoms with Gasteiger partial charge in [0.1, 0.15) is 5.75 Å². The van der Waals surface area contributed by atoms with E-state index in [0.29, 0.717) is 44.3 Å². The lowest BCUT2D eigenvalue weighted by Crippen LogP contribution is -2.36. The normalized spacial score (nSPS) is 19.8. The van der Waals surface area contributed by atoms with Crippen molar-refractivity contribution in [2.75, 3.05) is 13.2 Å². The highest BCUT2D eigenvalue weighted by Gasteiger charge is 2.38. The maximum Gasteiger partial charge on any atom is 0.303 e. The third-order valence-corrected chi connectivity index (χ3v) is 5.49. The van der Waals surface area contributed by atoms with Gasteiger partial charge >= 0.3 is 5.97 Å². The van der Waals surface area contributed by atoms with E-state index in [-0.39, 0.29) is 24.2 Å². The summed E-state index contributed by atoms with van der Waals surface area (Å²) in [7, 11) is 0. The van der Waals surface area contributed by atoms with E-state index in [1.54, 1.807) is 0 Å². The smallest absolute Gasteiger partial charge is 0.303 e. The van der Waals surface area contributed by atoms with Gasteiger partial charge < -0.3 is 20.1 Å². The lowest BCUT2D eigenvalue weighted by molar-refractivity contribution is -0.137. The van der Waals surface area contributed by atoms with Crippen LogP contribution in [0.25, 0.3) is 0 Å². The fourth-order valence-corrected chi connectivity index (χ4v) is 3.93. The Kier molecular flexibility index (Phi) is 6.90. The van der Waals surface area contributed by atoms with Crippen LogP contribution in [0.3, 0.4) is 0 Å². The third-order valence-electron chi connectivity index (χ3n) is 5.49. The lowest BCUT2D eigenvalue weighted by atomic mass is 10.1. The molecule has 1 heterocycles. The van der Waals surface area contributed by atoms with E-state index in [2.05, 4.69) is 5.32 Å². The minimum Gasteiger partial charge on any atom is -0.494 e. The average molecular weight is 388 g/mol. The van der Waals surface area contributed by atoms with E-state index in [4.69, 9.17) is 9.84 Å². The first-order valence-electron chi connectivity index (χ1n) is 10.0. The molecule has 1 atom stereocenters. The summed E-state index contributed by atoms with van der Waals surface area (Å²) < 4.78 is 5.50. The van der Waals surface area contributed by atoms with Crippen molar-refractivity contribution in [3.8, 4) is 5.75 Å². The summed E-state index contributed by atoms with van der Waals surface area (Å²) in [6.07, 6.45) is 5.33. The molecule has 0 bridgehead atoms. The van der Waals surface area contributed by atoms with Crippen LogP contribution in [0.5, 0.6) is 5.75 Å². The van der Waals surface area contributed by atoms with Crippen molar-refractivity contribution >= 4 is 17.8 Å². The Balaban J connectivity index is 1.40. The standard InChI is InChI=1S/C21H28N2O5/c24-19-12-16(14-23(19)17-4-1-2-5-17)21(27)22-13-15-7-9-18(10-8-15)28-11-3-6-20(25)26/h7-10,16-17H,1-6,11-14H2,(H,22,27)(H,25,26)/t16-/m0/s1. The summed E-state index contributed by atoms with van der Waals surface area (Å²) in [4.78, 5) is 37.1. The number of hydrogen-bond acceptors (Lipinski definition) is 4. The number of amides is 2. The van der Waals surface area contributed by atoms with Crippen LogP contribution in [0, 0.1) is 5.92 Å². The van der Waals surface area contributed by atoms with Crippen molar-refractivity contribution in [3.63, 3.8) is 0 Å². The van der Waals surface area contributed by atoms with Gasteiger partial charge in [-0.25, -0.2) is 0 Å². The zero-order valence-electron chi connectivity index (χ0n) is 16.1. The summed E-state index contributed by atoms with van der Waals surface area (Å²) in [6, 6.07) is 7.69. The van der Waals surface area contributed by atoms with Crippen LogP contribution in [0.4, 0.5) is 0 Å². The summed E-state index contributed by atoms with van der Waals surface area (Å²) in [5, 5.41) is 11.5. The second kappa shape index (κ2) is 9.57. The monoisotopic (exact) mass is 388 g/mol. The zero-order chi connectivity index (χ0) is 19.9. The van der Waals surface area contributed by atoms with Gasteiger partial charge in [0.05, 0.1) is 12.5 Å². The molecule has 7 heteroatoms. The van der Waals surface area contributed by atoms with E-state index in [0.717, 1.165) is 18.4 Å². The third kappa shape index (κ3) is 5.47. The number of carbonyl (C=O) groups is 3. The maximum absolute atomic E-state index is 12.5. The number of carboxylic acids is 1. The number of aliphatic carboxylic acids is 1. The summed E-state index contributed by atoms with van der Waals surface area (Å²) in [5.41, 5.74) is 0.947. The van der Waals surface area contributed by atoms with Gasteiger partial charge in [-0.1, -0.05) is 25.0 Å². The van der Waals surface area contributed by atoms with Gasteiger partial charge in [-0.15, -0.1) is 0 Å². The first-order valence-corrected chi connectivity index (χ1v) is 10.0. The summed E-state index contributed by atoms with van der Waals surface area (Å²) >= 11 is 0. The number of hydrogen-bond donors (Lipinski definition) is 2. The van der Waals surface area contributed by atoms with Crippen molar-refractivity contribution < 1.29 is 24.2 Å². The average Bonchev–Trinajstić information content (AvgIpc) is 3.33. The van der Waals surface area contributed by atoms with E-state index < -0.39 is 5.97 Å². The molecule has 0 spiro atoms. The predicted octanol–water partition coefficient (Wildman–Crippen LogP) is 2.34. The van der Waals surface area contributed by atoms with Crippen molar-refractivity contribution in [3.05, 3.63) is 29.8 Å². The Morgan fingerprint density at radius 1 is 1.18 bits per heavy atom. The first kappa shape index (κ1) is 20.2. The Morgan fingerprint density at radius 3 is 2.57 bits per heavy atom. The fraction of sp³-hybridized carbons (Fsp3) is 0.571. The number of likely N-dealkylation sites (tertiary alicyclic amines) is 1. The molecule has 0 aromatic heterocycles. The Hall–Kier alpha value is -2.57. The molecule has 0 unspecified atom stereocenters. The van der Waals surface area contributed by atoms with Crippen molar-refractivity contribution in [1.82, 2.24) is 10.2 Å². The number of carboxylic acid groups (broad SMARTS) is 1. The maximum atomic E-state index is 12.5. The fourth-order valence-electron chi connectivity index (χ4n) is 3.93. The van der Waals surface area contributed by atoms with Crippen molar-refractivity contribution in [1.29, 1.82) is 0 Å². The molecule has 1 saturated heterocycles. The minimum absolute atomic E-state index is 0.0668. The number of benzene rings is 1. The van der Waals surface area contributed by atoms with E-state index in [1.165, 1.54) is 12.8 Å². The predicted molar refractivity (Wildman–Crippen MR) is 103 cm³/mol. The molecular formula is C21H28N2O5. The summed E-state index contributed by atoms with van der Waals surface area (Å²) in [5.74, 6) is -0.372. The Morgan fingerprint density at radius 2 is 1.89 bits per heavy atom. The molecule has 2 fully saturated rings. The highest BCUT2D eigenvalue weighted by Crippen LogP contribution is 2.29. The molecule has 1 aliphatic carbocycles. The molecular weight excluding hydrogens is 360 g/mol. The van der Waals surface area contributed by atoms with Crippen LogP contribution in [-0.4, -0.2) is 47.0 Å². The van der Waals surface area contributed by atoms with E-state index in [1.807, 2.05) is 29.2 Å². The number of carbonyl (C=O) groups excluding carboxylic acids is 2. The summed E-state index contributed by atoms with van der Waals surface area (Å²) in [6.45, 7) is 1.31. The van der Waals surface area contributed by atoms with E-state index in [9.17, 15) is 14.4 Å². The van der Waals surface area contributed by atoms with Crippen molar-refractivity contribution in [2.45, 2.75) is 57.5 Å². The van der Waals surface area contributed by atoms with Gasteiger partial charge in [0.2, 0.25) is 11.8 Å². The highest BCUT2D eigenvalue weighted by atomic mass is 16.5. The molecule has 152 valence electrons. The SMILES string of the molecule is O=C(O)CCCOc1ccc(CNC(=O)[C@H]2CC(=O)N(C3CCCC3)C2)cc1. The Labute approximate surface area is 165 Å². The molecule has 2 amide bonds. The van der Waals surface area contributed by atoms with Crippen molar-refractivity contribution in [2.24, 2.45) is 5.92 Å². The zero-order valence-corrected chi connectivity index (χ0v) is 16.1. The van der Waals surface area contributed by atoms with Gasteiger partial charge in [0, 0.05) is 32.0 Å². The van der Waals surface area contributed by atoms with Crippen LogP contribution in [0.1, 0.15) is 50.5 Å². The number of ether oxygens (including phenoxy) is 1. The van der Waals surface area contributed by atoms with Gasteiger partial charge in [0.25, 0.3) is 0 Å². The minimum atomic E-state index is -0.829. The molecule has 7 nitrogen and oxygen atoms in total. The van der Waals surface area contributed by atoms with Gasteiger partial charge in [0.15, 0.2) is 0 Å². The van der Waals surface area contributed by atoms with Crippen LogP contribution < -0.4 is 10.1 Å². The Bertz CT molecular complexity index is 697. The number of nitrogens with zero attached hydrogens (tertiary/aromatic N) is 1. The second-order valence-corrected chi connectivity index (χ2v) is 7.59. The molecule has 1 aromatic rings. The molecule has 3 rings (SSSR count). The molecule has 0 radical (unpaired) electrons. The van der Waals surface area contributed by atoms with Crippen LogP contribution in [0.2, 0.25) is 0 Å². The van der Waals surface area contributed by atoms with Gasteiger partial charge in [-0.2, -0.15) is 0 Å². The number of nitrogens with one attached hydrogen (secondary N) is 1. The quantitative estimate of drug-likeness (QED) is 0.633. The van der Waals surface area contributed by atoms with Crippen LogP contribution >= 0.6 is 0 Å². The molecule has 1 saturated carbocycles.